The largest absolute Gasteiger partial charge is 0.444 e. The van der Waals surface area contributed by atoms with Crippen molar-refractivity contribution in [3.63, 3.8) is 0 Å². The Bertz CT molecular complexity index is 551. The van der Waals surface area contributed by atoms with Crippen molar-refractivity contribution in [2.75, 3.05) is 22.5 Å². The second kappa shape index (κ2) is 8.58. The summed E-state index contributed by atoms with van der Waals surface area (Å²) in [5, 5.41) is 14.2. The number of rotatable bonds is 6. The van der Waals surface area contributed by atoms with Crippen molar-refractivity contribution in [2.45, 2.75) is 26.4 Å². The number of halogens is 1. The molecule has 3 N–H and O–H groups in total. The molecule has 0 aliphatic carbocycles. The molecule has 0 spiro atoms. The summed E-state index contributed by atoms with van der Waals surface area (Å²) in [5.41, 5.74) is 1.58. The Morgan fingerprint density at radius 3 is 2.68 bits per heavy atom. The van der Waals surface area contributed by atoms with E-state index in [9.17, 15) is 4.79 Å². The number of amides is 1. The van der Waals surface area contributed by atoms with Gasteiger partial charge in [0.1, 0.15) is 5.60 Å². The molecule has 0 heterocycles. The highest BCUT2D eigenvalue weighted by Crippen LogP contribution is 2.20. The number of hydrogen-bond donors (Lipinski definition) is 3. The summed E-state index contributed by atoms with van der Waals surface area (Å²) in [6.07, 6.45) is 4.73. The van der Waals surface area contributed by atoms with Gasteiger partial charge in [0.15, 0.2) is 0 Å². The highest BCUT2D eigenvalue weighted by atomic mass is 79.9. The van der Waals surface area contributed by atoms with Crippen LogP contribution in [-0.2, 0) is 4.74 Å². The van der Waals surface area contributed by atoms with E-state index in [4.69, 9.17) is 10.1 Å². The van der Waals surface area contributed by atoms with Crippen LogP contribution in [0.3, 0.4) is 0 Å². The minimum absolute atomic E-state index is 0.510. The molecule has 0 unspecified atom stereocenters. The van der Waals surface area contributed by atoms with E-state index in [0.29, 0.717) is 17.8 Å². The molecule has 22 heavy (non-hydrogen) atoms. The van der Waals surface area contributed by atoms with Gasteiger partial charge in [0.05, 0.1) is 0 Å². The lowest BCUT2D eigenvalue weighted by molar-refractivity contribution is 0.0636. The summed E-state index contributed by atoms with van der Waals surface area (Å²) >= 11 is 3.31. The third kappa shape index (κ3) is 6.76. The van der Waals surface area contributed by atoms with E-state index in [-0.39, 0.29) is 0 Å². The summed E-state index contributed by atoms with van der Waals surface area (Å²) < 4.78 is 5.20. The van der Waals surface area contributed by atoms with Gasteiger partial charge < -0.3 is 15.5 Å². The van der Waals surface area contributed by atoms with E-state index >= 15 is 0 Å². The molecule has 1 aromatic carbocycles. The van der Waals surface area contributed by atoms with Gasteiger partial charge in [0, 0.05) is 35.0 Å². The van der Waals surface area contributed by atoms with Crippen LogP contribution in [0, 0.1) is 5.41 Å². The summed E-state index contributed by atoms with van der Waals surface area (Å²) in [7, 11) is 0. The molecule has 0 fully saturated rings. The highest BCUT2D eigenvalue weighted by Gasteiger charge is 2.16. The Balaban J connectivity index is 2.73. The molecule has 6 heteroatoms. The number of carbonyl (C=O) groups is 1. The molecule has 0 aliphatic heterocycles. The number of carbonyl (C=O) groups excluding carboxylic acids is 1. The van der Waals surface area contributed by atoms with Gasteiger partial charge in [-0.15, -0.1) is 0 Å². The SMILES string of the molecule is CC(C)(C)OC(=O)Nc1ccc(NC/C=C/CBr)c(C=N)c1. The summed E-state index contributed by atoms with van der Waals surface area (Å²) in [4.78, 5) is 11.7. The monoisotopic (exact) mass is 367 g/mol. The Labute approximate surface area is 139 Å². The predicted molar refractivity (Wildman–Crippen MR) is 95.6 cm³/mol. The predicted octanol–water partition coefficient (Wildman–Crippen LogP) is 4.39. The maximum atomic E-state index is 11.7. The molecule has 1 rings (SSSR count). The van der Waals surface area contributed by atoms with Crippen LogP contribution in [0.15, 0.2) is 30.4 Å². The van der Waals surface area contributed by atoms with Crippen LogP contribution in [0.4, 0.5) is 16.2 Å². The fraction of sp³-hybridized carbons (Fsp3) is 0.375. The molecule has 0 aliphatic rings. The maximum Gasteiger partial charge on any atom is 0.412 e. The Kier molecular flexibility index (Phi) is 7.11. The van der Waals surface area contributed by atoms with Gasteiger partial charge in [-0.2, -0.15) is 0 Å². The maximum absolute atomic E-state index is 11.7. The quantitative estimate of drug-likeness (QED) is 0.396. The first kappa shape index (κ1) is 18.2. The fourth-order valence-corrected chi connectivity index (χ4v) is 1.92. The second-order valence-electron chi connectivity index (χ2n) is 5.58. The van der Waals surface area contributed by atoms with E-state index in [1.54, 1.807) is 12.1 Å². The Morgan fingerprint density at radius 2 is 2.09 bits per heavy atom. The van der Waals surface area contributed by atoms with Crippen molar-refractivity contribution in [3.05, 3.63) is 35.9 Å². The zero-order chi connectivity index (χ0) is 16.6. The number of benzene rings is 1. The molecular formula is C16H22BrN3O2. The molecule has 0 aromatic heterocycles. The van der Waals surface area contributed by atoms with Gasteiger partial charge in [-0.3, -0.25) is 5.32 Å². The first-order chi connectivity index (χ1) is 10.4. The van der Waals surface area contributed by atoms with Crippen LogP contribution in [0.5, 0.6) is 0 Å². The molecule has 0 bridgehead atoms. The molecule has 1 aromatic rings. The number of allylic oxidation sites excluding steroid dienone is 1. The molecule has 1 amide bonds. The van der Waals surface area contributed by atoms with Crippen molar-refractivity contribution >= 4 is 39.6 Å². The summed E-state index contributed by atoms with van der Waals surface area (Å²) in [5.74, 6) is 0. The number of nitrogens with one attached hydrogen (secondary N) is 3. The Hall–Kier alpha value is -1.82. The lowest BCUT2D eigenvalue weighted by Crippen LogP contribution is -2.27. The van der Waals surface area contributed by atoms with Gasteiger partial charge in [0.25, 0.3) is 0 Å². The van der Waals surface area contributed by atoms with E-state index in [0.717, 1.165) is 11.0 Å². The Morgan fingerprint density at radius 1 is 1.36 bits per heavy atom. The normalized spacial score (nSPS) is 11.3. The summed E-state index contributed by atoms with van der Waals surface area (Å²) in [6.45, 7) is 6.10. The van der Waals surface area contributed by atoms with E-state index in [1.807, 2.05) is 39.0 Å². The number of ether oxygens (including phenoxy) is 1. The third-order valence-electron chi connectivity index (χ3n) is 2.52. The fourth-order valence-electron chi connectivity index (χ4n) is 1.66. The number of anilines is 2. The lowest BCUT2D eigenvalue weighted by Gasteiger charge is -2.20. The van der Waals surface area contributed by atoms with Crippen molar-refractivity contribution < 1.29 is 9.53 Å². The lowest BCUT2D eigenvalue weighted by atomic mass is 10.1. The van der Waals surface area contributed by atoms with Crippen LogP contribution in [0.2, 0.25) is 0 Å². The van der Waals surface area contributed by atoms with E-state index in [1.165, 1.54) is 6.21 Å². The first-order valence-corrected chi connectivity index (χ1v) is 8.07. The molecular weight excluding hydrogens is 346 g/mol. The van der Waals surface area contributed by atoms with Gasteiger partial charge in [-0.05, 0) is 39.0 Å². The number of hydrogen-bond acceptors (Lipinski definition) is 4. The van der Waals surface area contributed by atoms with Crippen LogP contribution in [-0.4, -0.2) is 29.8 Å². The van der Waals surface area contributed by atoms with E-state index < -0.39 is 11.7 Å². The van der Waals surface area contributed by atoms with Crippen LogP contribution < -0.4 is 10.6 Å². The summed E-state index contributed by atoms with van der Waals surface area (Å²) in [6, 6.07) is 5.33. The van der Waals surface area contributed by atoms with Crippen LogP contribution in [0.1, 0.15) is 26.3 Å². The average Bonchev–Trinajstić information content (AvgIpc) is 2.42. The zero-order valence-corrected chi connectivity index (χ0v) is 14.7. The topological polar surface area (TPSA) is 74.2 Å². The molecule has 5 nitrogen and oxygen atoms in total. The third-order valence-corrected chi connectivity index (χ3v) is 2.89. The van der Waals surface area contributed by atoms with Crippen molar-refractivity contribution in [2.24, 2.45) is 0 Å². The minimum Gasteiger partial charge on any atom is -0.444 e. The number of alkyl halides is 1. The minimum atomic E-state index is -0.544. The van der Waals surface area contributed by atoms with Gasteiger partial charge >= 0.3 is 6.09 Å². The second-order valence-corrected chi connectivity index (χ2v) is 6.23. The van der Waals surface area contributed by atoms with Gasteiger partial charge in [0.2, 0.25) is 0 Å². The van der Waals surface area contributed by atoms with Gasteiger partial charge in [-0.1, -0.05) is 28.1 Å². The van der Waals surface area contributed by atoms with E-state index in [2.05, 4.69) is 26.6 Å². The standard InChI is InChI=1S/C16H22BrN3O2/c1-16(2,3)22-15(21)20-13-6-7-14(12(10-13)11-18)19-9-5-4-8-17/h4-7,10-11,18-19H,8-9H2,1-3H3,(H,20,21)/b5-4+,18-11?. The molecule has 0 radical (unpaired) electrons. The molecule has 0 saturated carbocycles. The average molecular weight is 368 g/mol. The van der Waals surface area contributed by atoms with Crippen molar-refractivity contribution in [1.29, 1.82) is 5.41 Å². The first-order valence-electron chi connectivity index (χ1n) is 6.95. The van der Waals surface area contributed by atoms with Crippen LogP contribution >= 0.6 is 15.9 Å². The smallest absolute Gasteiger partial charge is 0.412 e. The zero-order valence-electron chi connectivity index (χ0n) is 13.1. The van der Waals surface area contributed by atoms with Crippen LogP contribution in [0.25, 0.3) is 0 Å². The van der Waals surface area contributed by atoms with Crippen molar-refractivity contribution in [1.82, 2.24) is 0 Å². The molecule has 120 valence electrons. The van der Waals surface area contributed by atoms with Gasteiger partial charge in [-0.25, -0.2) is 4.79 Å². The van der Waals surface area contributed by atoms with Crippen molar-refractivity contribution in [3.8, 4) is 0 Å². The molecule has 0 saturated heterocycles. The highest BCUT2D eigenvalue weighted by molar-refractivity contribution is 9.09. The molecule has 0 atom stereocenters.